The average Bonchev–Trinajstić information content (AvgIpc) is 2.78. The van der Waals surface area contributed by atoms with Crippen molar-refractivity contribution in [3.63, 3.8) is 0 Å². The van der Waals surface area contributed by atoms with Crippen molar-refractivity contribution in [2.45, 2.75) is 24.8 Å². The lowest BCUT2D eigenvalue weighted by Gasteiger charge is -2.24. The van der Waals surface area contributed by atoms with Gasteiger partial charge in [-0.05, 0) is 25.0 Å². The van der Waals surface area contributed by atoms with Gasteiger partial charge in [0.25, 0.3) is 0 Å². The first kappa shape index (κ1) is 12.1. The maximum Gasteiger partial charge on any atom is 0.160 e. The van der Waals surface area contributed by atoms with Gasteiger partial charge in [0.15, 0.2) is 5.65 Å². The molecule has 0 aliphatic carbocycles. The number of imidazole rings is 1. The molecule has 96 valence electrons. The van der Waals surface area contributed by atoms with E-state index in [2.05, 4.69) is 14.5 Å². The number of rotatable bonds is 2. The molecule has 18 heavy (non-hydrogen) atoms. The lowest BCUT2D eigenvalue weighted by Crippen LogP contribution is -2.23. The molecule has 0 spiro atoms. The zero-order valence-electron chi connectivity index (χ0n) is 9.88. The number of pyridine rings is 1. The number of hydrogen-bond donors (Lipinski definition) is 0. The number of fused-ring (bicyclic) bond motifs is 1. The molecule has 0 radical (unpaired) electrons. The number of halogens is 1. The van der Waals surface area contributed by atoms with Gasteiger partial charge in [-0.1, -0.05) is 0 Å². The smallest absolute Gasteiger partial charge is 0.160 e. The average molecular weight is 284 g/mol. The van der Waals surface area contributed by atoms with Crippen LogP contribution in [0.3, 0.4) is 0 Å². The van der Waals surface area contributed by atoms with Gasteiger partial charge in [0.1, 0.15) is 11.3 Å². The van der Waals surface area contributed by atoms with Crippen LogP contribution in [0.2, 0.25) is 0 Å². The molecule has 1 fully saturated rings. The van der Waals surface area contributed by atoms with Crippen LogP contribution < -0.4 is 0 Å². The topological polar surface area (TPSA) is 47.8 Å². The molecular weight excluding hydrogens is 270 g/mol. The van der Waals surface area contributed by atoms with E-state index in [1.54, 1.807) is 6.20 Å². The summed E-state index contributed by atoms with van der Waals surface area (Å²) < 4.78 is 13.6. The maximum atomic E-state index is 11.4. The predicted octanol–water partition coefficient (Wildman–Crippen LogP) is 2.25. The molecule has 0 aromatic carbocycles. The van der Waals surface area contributed by atoms with Gasteiger partial charge in [-0.2, -0.15) is 0 Å². The van der Waals surface area contributed by atoms with Crippen molar-refractivity contribution in [2.24, 2.45) is 0 Å². The van der Waals surface area contributed by atoms with Crippen molar-refractivity contribution in [2.75, 3.05) is 11.5 Å². The van der Waals surface area contributed by atoms with Gasteiger partial charge in [0.2, 0.25) is 0 Å². The minimum absolute atomic E-state index is 0.330. The Morgan fingerprint density at radius 2 is 2.22 bits per heavy atom. The lowest BCUT2D eigenvalue weighted by atomic mass is 10.1. The number of nitrogens with zero attached hydrogens (tertiary/aromatic N) is 3. The Kier molecular flexibility index (Phi) is 3.35. The predicted molar refractivity (Wildman–Crippen MR) is 73.2 cm³/mol. The molecule has 3 heterocycles. The Hall–Kier alpha value is -0.940. The third-order valence-corrected chi connectivity index (χ3v) is 4.99. The van der Waals surface area contributed by atoms with E-state index in [1.165, 1.54) is 0 Å². The van der Waals surface area contributed by atoms with Gasteiger partial charge in [-0.3, -0.25) is 4.21 Å². The van der Waals surface area contributed by atoms with E-state index < -0.39 is 10.8 Å². The van der Waals surface area contributed by atoms with Crippen molar-refractivity contribution >= 4 is 33.6 Å². The van der Waals surface area contributed by atoms with Gasteiger partial charge < -0.3 is 4.57 Å². The van der Waals surface area contributed by atoms with Crippen LogP contribution in [0.25, 0.3) is 11.2 Å². The van der Waals surface area contributed by atoms with Gasteiger partial charge in [0, 0.05) is 34.5 Å². The summed E-state index contributed by atoms with van der Waals surface area (Å²) >= 11 is 5.98. The van der Waals surface area contributed by atoms with E-state index in [-0.39, 0.29) is 0 Å². The van der Waals surface area contributed by atoms with Gasteiger partial charge in [0.05, 0.1) is 5.88 Å². The molecule has 1 aliphatic heterocycles. The van der Waals surface area contributed by atoms with Crippen LogP contribution >= 0.6 is 11.6 Å². The molecule has 0 amide bonds. The summed E-state index contributed by atoms with van der Waals surface area (Å²) in [7, 11) is -0.652. The zero-order valence-corrected chi connectivity index (χ0v) is 11.5. The fourth-order valence-corrected chi connectivity index (χ4v) is 3.96. The highest BCUT2D eigenvalue weighted by Crippen LogP contribution is 2.28. The van der Waals surface area contributed by atoms with E-state index in [9.17, 15) is 4.21 Å². The van der Waals surface area contributed by atoms with Crippen LogP contribution in [0.1, 0.15) is 24.7 Å². The van der Waals surface area contributed by atoms with E-state index >= 15 is 0 Å². The van der Waals surface area contributed by atoms with Crippen LogP contribution in [-0.2, 0) is 16.7 Å². The molecule has 6 heteroatoms. The van der Waals surface area contributed by atoms with E-state index in [0.29, 0.717) is 11.9 Å². The van der Waals surface area contributed by atoms with Crippen LogP contribution in [0.4, 0.5) is 0 Å². The third kappa shape index (κ3) is 2.06. The first-order valence-electron chi connectivity index (χ1n) is 6.02. The molecule has 0 N–H and O–H groups in total. The van der Waals surface area contributed by atoms with Crippen LogP contribution in [0.5, 0.6) is 0 Å². The van der Waals surface area contributed by atoms with Crippen LogP contribution in [0.15, 0.2) is 18.3 Å². The molecule has 3 rings (SSSR count). The Bertz CT molecular complexity index is 588. The molecule has 0 unspecified atom stereocenters. The SMILES string of the molecule is O=S1CCC(n2c(CCl)nc3cccnc32)CC1. The Balaban J connectivity index is 2.06. The standard InChI is InChI=1S/C12H14ClN3OS/c13-8-11-15-10-2-1-5-14-12(10)16(11)9-3-6-18(17)7-4-9/h1-2,5,9H,3-4,6-8H2. The molecular formula is C12H14ClN3OS. The van der Waals surface area contributed by atoms with Gasteiger partial charge >= 0.3 is 0 Å². The molecule has 0 atom stereocenters. The normalized spacial score (nSPS) is 24.5. The highest BCUT2D eigenvalue weighted by Gasteiger charge is 2.23. The van der Waals surface area contributed by atoms with E-state index in [4.69, 9.17) is 11.6 Å². The highest BCUT2D eigenvalue weighted by molar-refractivity contribution is 7.85. The summed E-state index contributed by atoms with van der Waals surface area (Å²) in [6.45, 7) is 0. The Morgan fingerprint density at radius 1 is 1.44 bits per heavy atom. The second-order valence-electron chi connectivity index (χ2n) is 4.46. The lowest BCUT2D eigenvalue weighted by molar-refractivity contribution is 0.460. The van der Waals surface area contributed by atoms with Crippen molar-refractivity contribution in [3.8, 4) is 0 Å². The van der Waals surface area contributed by atoms with Crippen molar-refractivity contribution < 1.29 is 4.21 Å². The minimum atomic E-state index is -0.652. The number of hydrogen-bond acceptors (Lipinski definition) is 3. The molecule has 1 aliphatic rings. The number of aromatic nitrogens is 3. The minimum Gasteiger partial charge on any atom is -0.309 e. The molecule has 2 aromatic heterocycles. The quantitative estimate of drug-likeness (QED) is 0.794. The molecule has 1 saturated heterocycles. The van der Waals surface area contributed by atoms with Crippen LogP contribution in [-0.4, -0.2) is 30.2 Å². The fraction of sp³-hybridized carbons (Fsp3) is 0.500. The monoisotopic (exact) mass is 283 g/mol. The summed E-state index contributed by atoms with van der Waals surface area (Å²) in [4.78, 5) is 8.93. The summed E-state index contributed by atoms with van der Waals surface area (Å²) in [5.41, 5.74) is 1.78. The fourth-order valence-electron chi connectivity index (χ4n) is 2.49. The zero-order chi connectivity index (χ0) is 12.5. The summed E-state index contributed by atoms with van der Waals surface area (Å²) in [6, 6.07) is 4.17. The molecule has 2 aromatic rings. The molecule has 0 saturated carbocycles. The first-order chi connectivity index (χ1) is 8.79. The second-order valence-corrected chi connectivity index (χ2v) is 6.42. The van der Waals surface area contributed by atoms with E-state index in [0.717, 1.165) is 41.3 Å². The summed E-state index contributed by atoms with van der Waals surface area (Å²) in [5, 5.41) is 0. The summed E-state index contributed by atoms with van der Waals surface area (Å²) in [5.74, 6) is 2.77. The van der Waals surface area contributed by atoms with Crippen molar-refractivity contribution in [1.29, 1.82) is 0 Å². The van der Waals surface area contributed by atoms with Gasteiger partial charge in [-0.15, -0.1) is 11.6 Å². The number of alkyl halides is 1. The Morgan fingerprint density at radius 3 is 2.94 bits per heavy atom. The Labute approximate surface area is 113 Å². The largest absolute Gasteiger partial charge is 0.309 e. The third-order valence-electron chi connectivity index (χ3n) is 3.36. The maximum absolute atomic E-state index is 11.4. The van der Waals surface area contributed by atoms with Crippen molar-refractivity contribution in [3.05, 3.63) is 24.2 Å². The second kappa shape index (κ2) is 4.97. The van der Waals surface area contributed by atoms with E-state index in [1.807, 2.05) is 12.1 Å². The highest BCUT2D eigenvalue weighted by atomic mass is 35.5. The van der Waals surface area contributed by atoms with Gasteiger partial charge in [-0.25, -0.2) is 9.97 Å². The first-order valence-corrected chi connectivity index (χ1v) is 8.04. The molecule has 4 nitrogen and oxygen atoms in total. The van der Waals surface area contributed by atoms with Crippen LogP contribution in [0, 0.1) is 0 Å². The molecule has 0 bridgehead atoms. The van der Waals surface area contributed by atoms with Crippen molar-refractivity contribution in [1.82, 2.24) is 14.5 Å². The summed E-state index contributed by atoms with van der Waals surface area (Å²) in [6.07, 6.45) is 3.61.